The van der Waals surface area contributed by atoms with Crippen molar-refractivity contribution in [2.75, 3.05) is 38.7 Å². The summed E-state index contributed by atoms with van der Waals surface area (Å²) in [6, 6.07) is 0. The smallest absolute Gasteiger partial charge is 0.217 e. The summed E-state index contributed by atoms with van der Waals surface area (Å²) in [6.07, 6.45) is 0.217. The van der Waals surface area contributed by atoms with Gasteiger partial charge in [0.05, 0.1) is 16.8 Å². The number of likely N-dealkylation sites (N-methyl/N-ethyl adjacent to an activating group) is 2. The molecule has 1 heterocycles. The van der Waals surface area contributed by atoms with Crippen LogP contribution < -0.4 is 5.32 Å². The number of hydrogen-bond acceptors (Lipinski definition) is 5. The van der Waals surface area contributed by atoms with E-state index in [2.05, 4.69) is 5.32 Å². The summed E-state index contributed by atoms with van der Waals surface area (Å²) in [5.41, 5.74) is 0. The molecule has 1 aliphatic rings. The van der Waals surface area contributed by atoms with E-state index < -0.39 is 25.1 Å². The number of sulfonamides is 1. The fourth-order valence-corrected chi connectivity index (χ4v) is 5.92. The third kappa shape index (κ3) is 3.16. The molecule has 1 aliphatic heterocycles. The van der Waals surface area contributed by atoms with Gasteiger partial charge in [-0.2, -0.15) is 0 Å². The number of nitrogens with one attached hydrogen (secondary N) is 1. The Labute approximate surface area is 97.0 Å². The highest BCUT2D eigenvalue weighted by Crippen LogP contribution is 2.20. The predicted octanol–water partition coefficient (Wildman–Crippen LogP) is -1.35. The first-order valence-corrected chi connectivity index (χ1v) is 8.42. The Morgan fingerprint density at radius 1 is 1.44 bits per heavy atom. The van der Waals surface area contributed by atoms with Gasteiger partial charge in [-0.1, -0.05) is 0 Å². The van der Waals surface area contributed by atoms with Gasteiger partial charge >= 0.3 is 0 Å². The zero-order chi connectivity index (χ0) is 12.4. The van der Waals surface area contributed by atoms with Crippen LogP contribution in [0.15, 0.2) is 0 Å². The summed E-state index contributed by atoms with van der Waals surface area (Å²) in [5, 5.41) is 2.09. The minimum atomic E-state index is -3.47. The highest BCUT2D eigenvalue weighted by molar-refractivity contribution is 7.95. The van der Waals surface area contributed by atoms with Crippen LogP contribution in [0.3, 0.4) is 0 Å². The maximum Gasteiger partial charge on any atom is 0.217 e. The van der Waals surface area contributed by atoms with Gasteiger partial charge in [0.2, 0.25) is 10.0 Å². The van der Waals surface area contributed by atoms with E-state index in [-0.39, 0.29) is 17.9 Å². The van der Waals surface area contributed by atoms with Crippen molar-refractivity contribution in [2.24, 2.45) is 0 Å². The quantitative estimate of drug-likeness (QED) is 0.668. The fraction of sp³-hybridized carbons (Fsp3) is 1.00. The molecule has 6 nitrogen and oxygen atoms in total. The van der Waals surface area contributed by atoms with E-state index in [4.69, 9.17) is 0 Å². The Kier molecular flexibility index (Phi) is 4.33. The molecule has 0 aliphatic carbocycles. The first kappa shape index (κ1) is 13.9. The summed E-state index contributed by atoms with van der Waals surface area (Å²) in [7, 11) is -3.40. The van der Waals surface area contributed by atoms with E-state index in [1.807, 2.05) is 0 Å². The average molecular weight is 270 g/mol. The summed E-state index contributed by atoms with van der Waals surface area (Å²) in [4.78, 5) is 0. The monoisotopic (exact) mass is 270 g/mol. The molecular weight excluding hydrogens is 252 g/mol. The second kappa shape index (κ2) is 4.99. The molecule has 0 aromatic carbocycles. The van der Waals surface area contributed by atoms with Gasteiger partial charge < -0.3 is 5.32 Å². The third-order valence-electron chi connectivity index (χ3n) is 2.72. The van der Waals surface area contributed by atoms with Gasteiger partial charge in [0, 0.05) is 20.1 Å². The van der Waals surface area contributed by atoms with Gasteiger partial charge in [-0.25, -0.2) is 21.1 Å². The topological polar surface area (TPSA) is 83.6 Å². The molecule has 1 rings (SSSR count). The van der Waals surface area contributed by atoms with Crippen molar-refractivity contribution in [2.45, 2.75) is 11.7 Å². The van der Waals surface area contributed by atoms with Crippen LogP contribution in [0.4, 0.5) is 0 Å². The highest BCUT2D eigenvalue weighted by atomic mass is 32.2. The van der Waals surface area contributed by atoms with Crippen LogP contribution in [-0.2, 0) is 19.9 Å². The molecule has 0 saturated carbocycles. The second-order valence-electron chi connectivity index (χ2n) is 4.00. The molecular formula is C8H18N2O4S2. The molecule has 8 heteroatoms. The Morgan fingerprint density at radius 2 is 2.06 bits per heavy atom. The summed E-state index contributed by atoms with van der Waals surface area (Å²) < 4.78 is 47.6. The Balaban J connectivity index is 2.72. The SMILES string of the molecule is CNCCN(C)S(=O)(=O)C1CCS(=O)(=O)C1. The maximum atomic E-state index is 12.0. The molecule has 1 fully saturated rings. The van der Waals surface area contributed by atoms with E-state index >= 15 is 0 Å². The van der Waals surface area contributed by atoms with E-state index in [1.54, 1.807) is 7.05 Å². The fourth-order valence-electron chi connectivity index (χ4n) is 1.65. The molecule has 1 N–H and O–H groups in total. The normalized spacial score (nSPS) is 25.1. The molecule has 0 radical (unpaired) electrons. The molecule has 1 atom stereocenters. The van der Waals surface area contributed by atoms with E-state index in [9.17, 15) is 16.8 Å². The van der Waals surface area contributed by atoms with Crippen LogP contribution in [0.2, 0.25) is 0 Å². The molecule has 0 amide bonds. The summed E-state index contributed by atoms with van der Waals surface area (Å²) in [5.74, 6) is -0.254. The molecule has 0 aromatic heterocycles. The van der Waals surface area contributed by atoms with Crippen LogP contribution in [0.25, 0.3) is 0 Å². The van der Waals surface area contributed by atoms with Crippen LogP contribution in [0, 0.1) is 0 Å². The minimum Gasteiger partial charge on any atom is -0.318 e. The lowest BCUT2D eigenvalue weighted by Gasteiger charge is -2.20. The van der Waals surface area contributed by atoms with Crippen molar-refractivity contribution in [3.8, 4) is 0 Å². The maximum absolute atomic E-state index is 12.0. The molecule has 0 aromatic rings. The van der Waals surface area contributed by atoms with E-state index in [1.165, 1.54) is 11.4 Å². The van der Waals surface area contributed by atoms with Crippen LogP contribution in [0.1, 0.15) is 6.42 Å². The van der Waals surface area contributed by atoms with Gasteiger partial charge in [-0.3, -0.25) is 0 Å². The van der Waals surface area contributed by atoms with Gasteiger partial charge in [0.1, 0.15) is 0 Å². The minimum absolute atomic E-state index is 0.0171. The van der Waals surface area contributed by atoms with Crippen molar-refractivity contribution in [1.29, 1.82) is 0 Å². The highest BCUT2D eigenvalue weighted by Gasteiger charge is 2.38. The number of rotatable bonds is 5. The average Bonchev–Trinajstić information content (AvgIpc) is 2.55. The van der Waals surface area contributed by atoms with E-state index in [0.717, 1.165) is 0 Å². The molecule has 0 bridgehead atoms. The van der Waals surface area contributed by atoms with Crippen molar-refractivity contribution in [3.05, 3.63) is 0 Å². The molecule has 16 heavy (non-hydrogen) atoms. The Morgan fingerprint density at radius 3 is 2.50 bits per heavy atom. The Hall–Kier alpha value is -0.180. The standard InChI is InChI=1S/C8H18N2O4S2/c1-9-4-5-10(2)16(13,14)8-3-6-15(11,12)7-8/h8-9H,3-7H2,1-2H3. The zero-order valence-corrected chi connectivity index (χ0v) is 11.1. The lowest BCUT2D eigenvalue weighted by atomic mass is 10.4. The van der Waals surface area contributed by atoms with Crippen molar-refractivity contribution < 1.29 is 16.8 Å². The van der Waals surface area contributed by atoms with Crippen molar-refractivity contribution >= 4 is 19.9 Å². The second-order valence-corrected chi connectivity index (χ2v) is 8.54. The van der Waals surface area contributed by atoms with Crippen LogP contribution >= 0.6 is 0 Å². The van der Waals surface area contributed by atoms with Crippen LogP contribution in [0.5, 0.6) is 0 Å². The molecule has 96 valence electrons. The first-order chi connectivity index (χ1) is 7.29. The van der Waals surface area contributed by atoms with Gasteiger partial charge in [-0.15, -0.1) is 0 Å². The Bertz CT molecular complexity index is 429. The summed E-state index contributed by atoms with van der Waals surface area (Å²) >= 11 is 0. The van der Waals surface area contributed by atoms with Gasteiger partial charge in [-0.05, 0) is 13.5 Å². The zero-order valence-electron chi connectivity index (χ0n) is 9.51. The van der Waals surface area contributed by atoms with Crippen LogP contribution in [-0.4, -0.2) is 65.1 Å². The molecule has 1 saturated heterocycles. The number of nitrogens with zero attached hydrogens (tertiary/aromatic N) is 1. The third-order valence-corrected chi connectivity index (χ3v) is 7.00. The van der Waals surface area contributed by atoms with E-state index in [0.29, 0.717) is 13.1 Å². The first-order valence-electron chi connectivity index (χ1n) is 5.10. The number of sulfone groups is 1. The lowest BCUT2D eigenvalue weighted by molar-refractivity contribution is 0.457. The van der Waals surface area contributed by atoms with Crippen molar-refractivity contribution in [3.63, 3.8) is 0 Å². The largest absolute Gasteiger partial charge is 0.318 e. The lowest BCUT2D eigenvalue weighted by Crippen LogP contribution is -2.39. The van der Waals surface area contributed by atoms with Gasteiger partial charge in [0.25, 0.3) is 0 Å². The molecule has 0 spiro atoms. The molecule has 1 unspecified atom stereocenters. The predicted molar refractivity (Wildman–Crippen MR) is 62.5 cm³/mol. The summed E-state index contributed by atoms with van der Waals surface area (Å²) in [6.45, 7) is 0.907. The number of hydrogen-bond donors (Lipinski definition) is 1. The van der Waals surface area contributed by atoms with Crippen molar-refractivity contribution in [1.82, 2.24) is 9.62 Å². The van der Waals surface area contributed by atoms with Gasteiger partial charge in [0.15, 0.2) is 9.84 Å².